The maximum atomic E-state index is 12.2. The molecule has 1 fully saturated rings. The summed E-state index contributed by atoms with van der Waals surface area (Å²) < 4.78 is 5.01. The van der Waals surface area contributed by atoms with E-state index in [2.05, 4.69) is 10.6 Å². The third kappa shape index (κ3) is 4.91. The maximum absolute atomic E-state index is 12.2. The summed E-state index contributed by atoms with van der Waals surface area (Å²) in [5.41, 5.74) is 8.37. The van der Waals surface area contributed by atoms with Gasteiger partial charge in [-0.1, -0.05) is 19.3 Å². The van der Waals surface area contributed by atoms with Crippen LogP contribution in [0.2, 0.25) is 0 Å². The number of hydrogen-bond donors (Lipinski definition) is 3. The summed E-state index contributed by atoms with van der Waals surface area (Å²) in [6.07, 6.45) is 6.49. The van der Waals surface area contributed by atoms with Gasteiger partial charge >= 0.3 is 0 Å². The summed E-state index contributed by atoms with van der Waals surface area (Å²) in [7, 11) is 1.69. The monoisotopic (exact) mass is 305 g/mol. The summed E-state index contributed by atoms with van der Waals surface area (Å²) in [5.74, 6) is 0.279. The first-order valence-electron chi connectivity index (χ1n) is 8.14. The van der Waals surface area contributed by atoms with Crippen LogP contribution in [0.3, 0.4) is 0 Å². The number of anilines is 3. The fraction of sp³-hybridized carbons (Fsp3) is 0.588. The van der Waals surface area contributed by atoms with Crippen LogP contribution in [0.25, 0.3) is 0 Å². The van der Waals surface area contributed by atoms with Gasteiger partial charge < -0.3 is 21.1 Å². The Bertz CT molecular complexity index is 485. The van der Waals surface area contributed by atoms with Crippen molar-refractivity contribution >= 4 is 23.0 Å². The average molecular weight is 305 g/mol. The summed E-state index contributed by atoms with van der Waals surface area (Å²) >= 11 is 0. The van der Waals surface area contributed by atoms with Gasteiger partial charge in [0.15, 0.2) is 0 Å². The average Bonchev–Trinajstić information content (AvgIpc) is 2.54. The van der Waals surface area contributed by atoms with Crippen molar-refractivity contribution in [2.75, 3.05) is 36.6 Å². The Morgan fingerprint density at radius 1 is 1.32 bits per heavy atom. The fourth-order valence-electron chi connectivity index (χ4n) is 2.85. The zero-order valence-electron chi connectivity index (χ0n) is 13.4. The molecule has 0 radical (unpaired) electrons. The van der Waals surface area contributed by atoms with Crippen LogP contribution in [0.5, 0.6) is 0 Å². The van der Waals surface area contributed by atoms with Gasteiger partial charge in [0.1, 0.15) is 0 Å². The minimum atomic E-state index is 0.125. The predicted molar refractivity (Wildman–Crippen MR) is 91.0 cm³/mol. The Morgan fingerprint density at radius 3 is 2.77 bits per heavy atom. The van der Waals surface area contributed by atoms with Crippen molar-refractivity contribution in [3.05, 3.63) is 18.2 Å². The zero-order valence-corrected chi connectivity index (χ0v) is 13.4. The van der Waals surface area contributed by atoms with Crippen molar-refractivity contribution in [3.8, 4) is 0 Å². The molecule has 0 atom stereocenters. The second kappa shape index (κ2) is 8.63. The maximum Gasteiger partial charge on any atom is 0.227 e. The molecule has 1 aliphatic rings. The van der Waals surface area contributed by atoms with Gasteiger partial charge in [-0.3, -0.25) is 4.79 Å². The molecule has 1 saturated carbocycles. The van der Waals surface area contributed by atoms with Crippen LogP contribution in [0.4, 0.5) is 17.1 Å². The van der Waals surface area contributed by atoms with E-state index in [0.717, 1.165) is 56.6 Å². The number of methoxy groups -OCH3 is 1. The Kier molecular flexibility index (Phi) is 6.52. The summed E-state index contributed by atoms with van der Waals surface area (Å²) in [5, 5.41) is 6.26. The minimum Gasteiger partial charge on any atom is -0.397 e. The molecule has 0 saturated heterocycles. The molecule has 5 heteroatoms. The van der Waals surface area contributed by atoms with Crippen molar-refractivity contribution in [2.24, 2.45) is 5.92 Å². The highest BCUT2D eigenvalue weighted by molar-refractivity contribution is 5.93. The van der Waals surface area contributed by atoms with Crippen LogP contribution < -0.4 is 16.4 Å². The highest BCUT2D eigenvalue weighted by Crippen LogP contribution is 2.27. The second-order valence-electron chi connectivity index (χ2n) is 5.90. The molecule has 122 valence electrons. The quantitative estimate of drug-likeness (QED) is 0.534. The van der Waals surface area contributed by atoms with Gasteiger partial charge in [-0.2, -0.15) is 0 Å². The lowest BCUT2D eigenvalue weighted by atomic mass is 9.88. The molecule has 0 heterocycles. The number of ether oxygens (including phenoxy) is 1. The Morgan fingerprint density at radius 2 is 2.09 bits per heavy atom. The van der Waals surface area contributed by atoms with Gasteiger partial charge in [0, 0.05) is 31.9 Å². The fourth-order valence-corrected chi connectivity index (χ4v) is 2.85. The summed E-state index contributed by atoms with van der Waals surface area (Å²) in [4.78, 5) is 12.2. The molecule has 0 bridgehead atoms. The summed E-state index contributed by atoms with van der Waals surface area (Å²) in [6.45, 7) is 1.54. The van der Waals surface area contributed by atoms with Crippen molar-refractivity contribution < 1.29 is 9.53 Å². The molecule has 2 rings (SSSR count). The molecule has 1 aromatic carbocycles. The smallest absolute Gasteiger partial charge is 0.227 e. The van der Waals surface area contributed by atoms with Gasteiger partial charge in [-0.05, 0) is 37.5 Å². The molecular weight excluding hydrogens is 278 g/mol. The normalized spacial score (nSPS) is 15.5. The second-order valence-corrected chi connectivity index (χ2v) is 5.90. The van der Waals surface area contributed by atoms with E-state index in [4.69, 9.17) is 10.5 Å². The zero-order chi connectivity index (χ0) is 15.8. The standard InChI is InChI=1S/C17H27N3O2/c1-22-11-5-10-19-16-9-8-14(12-15(16)18)20-17(21)13-6-3-2-4-7-13/h8-9,12-13,19H,2-7,10-11,18H2,1H3,(H,20,21). The number of benzene rings is 1. The third-order valence-electron chi connectivity index (χ3n) is 4.14. The number of rotatable bonds is 7. The van der Waals surface area contributed by atoms with Crippen LogP contribution in [0, 0.1) is 5.92 Å². The van der Waals surface area contributed by atoms with E-state index in [1.54, 1.807) is 7.11 Å². The van der Waals surface area contributed by atoms with Crippen molar-refractivity contribution in [3.63, 3.8) is 0 Å². The SMILES string of the molecule is COCCCNc1ccc(NC(=O)C2CCCCC2)cc1N. The van der Waals surface area contributed by atoms with E-state index in [1.807, 2.05) is 18.2 Å². The molecule has 0 aromatic heterocycles. The van der Waals surface area contributed by atoms with Crippen LogP contribution in [0.15, 0.2) is 18.2 Å². The predicted octanol–water partition coefficient (Wildman–Crippen LogP) is 3.24. The first-order valence-corrected chi connectivity index (χ1v) is 8.14. The molecule has 0 spiro atoms. The molecule has 0 aliphatic heterocycles. The van der Waals surface area contributed by atoms with Gasteiger partial charge in [-0.15, -0.1) is 0 Å². The van der Waals surface area contributed by atoms with Crippen molar-refractivity contribution in [1.82, 2.24) is 0 Å². The van der Waals surface area contributed by atoms with E-state index in [1.165, 1.54) is 6.42 Å². The topological polar surface area (TPSA) is 76.4 Å². The molecular formula is C17H27N3O2. The van der Waals surface area contributed by atoms with Gasteiger partial charge in [0.05, 0.1) is 11.4 Å². The van der Waals surface area contributed by atoms with Crippen molar-refractivity contribution in [1.29, 1.82) is 0 Å². The van der Waals surface area contributed by atoms with E-state index in [-0.39, 0.29) is 11.8 Å². The molecule has 22 heavy (non-hydrogen) atoms. The van der Waals surface area contributed by atoms with Crippen LogP contribution in [-0.2, 0) is 9.53 Å². The van der Waals surface area contributed by atoms with Crippen LogP contribution in [-0.4, -0.2) is 26.2 Å². The molecule has 4 N–H and O–H groups in total. The first-order chi connectivity index (χ1) is 10.7. The van der Waals surface area contributed by atoms with E-state index in [9.17, 15) is 4.79 Å². The highest BCUT2D eigenvalue weighted by atomic mass is 16.5. The number of nitrogens with two attached hydrogens (primary N) is 1. The van der Waals surface area contributed by atoms with Gasteiger partial charge in [0.2, 0.25) is 5.91 Å². The van der Waals surface area contributed by atoms with E-state index in [0.29, 0.717) is 5.69 Å². The molecule has 1 aromatic rings. The van der Waals surface area contributed by atoms with Crippen molar-refractivity contribution in [2.45, 2.75) is 38.5 Å². The van der Waals surface area contributed by atoms with Crippen LogP contribution >= 0.6 is 0 Å². The largest absolute Gasteiger partial charge is 0.397 e. The van der Waals surface area contributed by atoms with E-state index < -0.39 is 0 Å². The number of carbonyl (C=O) groups excluding carboxylic acids is 1. The lowest BCUT2D eigenvalue weighted by Gasteiger charge is -2.21. The number of nitrogen functional groups attached to an aromatic ring is 1. The van der Waals surface area contributed by atoms with Gasteiger partial charge in [0.25, 0.3) is 0 Å². The van der Waals surface area contributed by atoms with Gasteiger partial charge in [-0.25, -0.2) is 0 Å². The first kappa shape index (κ1) is 16.6. The Hall–Kier alpha value is -1.75. The third-order valence-corrected chi connectivity index (χ3v) is 4.14. The molecule has 1 amide bonds. The van der Waals surface area contributed by atoms with Crippen LogP contribution in [0.1, 0.15) is 38.5 Å². The van der Waals surface area contributed by atoms with E-state index >= 15 is 0 Å². The molecule has 5 nitrogen and oxygen atoms in total. The number of carbonyl (C=O) groups is 1. The molecule has 1 aliphatic carbocycles. The lowest BCUT2D eigenvalue weighted by molar-refractivity contribution is -0.120. The summed E-state index contributed by atoms with van der Waals surface area (Å²) in [6, 6.07) is 5.63. The number of amides is 1. The Balaban J connectivity index is 1.86. The molecule has 0 unspecified atom stereocenters. The highest BCUT2D eigenvalue weighted by Gasteiger charge is 2.21. The lowest BCUT2D eigenvalue weighted by Crippen LogP contribution is -2.24. The Labute approximate surface area is 132 Å². The minimum absolute atomic E-state index is 0.125. The number of hydrogen-bond acceptors (Lipinski definition) is 4. The number of nitrogens with one attached hydrogen (secondary N) is 2.